The summed E-state index contributed by atoms with van der Waals surface area (Å²) in [5.41, 5.74) is -0.147. The Kier molecular flexibility index (Phi) is 2.34. The zero-order valence-electron chi connectivity index (χ0n) is 6.51. The first kappa shape index (κ1) is 9.71. The quantitative estimate of drug-likeness (QED) is 0.730. The van der Waals surface area contributed by atoms with Crippen molar-refractivity contribution < 1.29 is 0 Å². The van der Waals surface area contributed by atoms with Gasteiger partial charge >= 0.3 is 0 Å². The summed E-state index contributed by atoms with van der Waals surface area (Å²) in [7, 11) is 0. The summed E-state index contributed by atoms with van der Waals surface area (Å²) in [5.74, 6) is 0. The number of hydrogen-bond donors (Lipinski definition) is 1. The molecule has 0 atom stereocenters. The van der Waals surface area contributed by atoms with Gasteiger partial charge < -0.3 is 4.98 Å². The van der Waals surface area contributed by atoms with Crippen LogP contribution in [0.1, 0.15) is 0 Å². The van der Waals surface area contributed by atoms with Gasteiger partial charge in [0.2, 0.25) is 0 Å². The first-order valence-electron chi connectivity index (χ1n) is 3.49. The van der Waals surface area contributed by atoms with Gasteiger partial charge in [-0.05, 0) is 0 Å². The van der Waals surface area contributed by atoms with Gasteiger partial charge in [-0.25, -0.2) is 9.97 Å². The molecule has 0 saturated heterocycles. The minimum atomic E-state index is -0.397. The number of pyridine rings is 1. The molecule has 0 aliphatic carbocycles. The molecule has 0 radical (unpaired) electrons. The molecular formula is C7H2Cl3N3O. The van der Waals surface area contributed by atoms with E-state index in [2.05, 4.69) is 15.0 Å². The molecule has 72 valence electrons. The van der Waals surface area contributed by atoms with Crippen LogP contribution in [0.4, 0.5) is 0 Å². The molecule has 14 heavy (non-hydrogen) atoms. The fraction of sp³-hybridized carbons (Fsp3) is 0. The summed E-state index contributed by atoms with van der Waals surface area (Å²) in [6.45, 7) is 0. The summed E-state index contributed by atoms with van der Waals surface area (Å²) in [5, 5.41) is 0.284. The molecule has 0 aromatic carbocycles. The van der Waals surface area contributed by atoms with Crippen LogP contribution in [0.3, 0.4) is 0 Å². The van der Waals surface area contributed by atoms with E-state index in [1.807, 2.05) is 0 Å². The number of fused-ring (bicyclic) bond motifs is 1. The molecule has 7 heteroatoms. The van der Waals surface area contributed by atoms with Crippen molar-refractivity contribution in [2.45, 2.75) is 0 Å². The van der Waals surface area contributed by atoms with Crippen LogP contribution in [-0.4, -0.2) is 15.0 Å². The topological polar surface area (TPSA) is 58.6 Å². The Morgan fingerprint density at radius 3 is 2.64 bits per heavy atom. The van der Waals surface area contributed by atoms with Crippen molar-refractivity contribution in [3.05, 3.63) is 32.0 Å². The Hall–Kier alpha value is -0.840. The van der Waals surface area contributed by atoms with Gasteiger partial charge in [0.1, 0.15) is 21.1 Å². The molecule has 2 rings (SSSR count). The molecule has 0 spiro atoms. The summed E-state index contributed by atoms with van der Waals surface area (Å²) in [4.78, 5) is 21.3. The number of rotatable bonds is 0. The maximum atomic E-state index is 11.3. The summed E-state index contributed by atoms with van der Waals surface area (Å²) < 4.78 is 0. The highest BCUT2D eigenvalue weighted by molar-refractivity contribution is 6.46. The van der Waals surface area contributed by atoms with E-state index in [9.17, 15) is 4.79 Å². The molecule has 0 bridgehead atoms. The highest BCUT2D eigenvalue weighted by atomic mass is 35.5. The van der Waals surface area contributed by atoms with Gasteiger partial charge in [0, 0.05) is 0 Å². The number of aromatic amines is 1. The van der Waals surface area contributed by atoms with Crippen LogP contribution < -0.4 is 5.56 Å². The van der Waals surface area contributed by atoms with Gasteiger partial charge in [-0.2, -0.15) is 0 Å². The minimum Gasteiger partial charge on any atom is -0.313 e. The third-order valence-corrected chi connectivity index (χ3v) is 2.65. The molecule has 0 fully saturated rings. The lowest BCUT2D eigenvalue weighted by Gasteiger charge is -2.01. The Balaban J connectivity index is 3.10. The summed E-state index contributed by atoms with van der Waals surface area (Å²) >= 11 is 17.2. The van der Waals surface area contributed by atoms with E-state index in [4.69, 9.17) is 34.8 Å². The smallest absolute Gasteiger partial charge is 0.261 e. The molecule has 0 unspecified atom stereocenters. The molecule has 2 aromatic heterocycles. The second-order valence-electron chi connectivity index (χ2n) is 2.46. The molecule has 0 aliphatic heterocycles. The highest BCUT2D eigenvalue weighted by Crippen LogP contribution is 2.29. The van der Waals surface area contributed by atoms with Crippen molar-refractivity contribution in [3.63, 3.8) is 0 Å². The van der Waals surface area contributed by atoms with Gasteiger partial charge in [0.15, 0.2) is 5.15 Å². The van der Waals surface area contributed by atoms with Crippen molar-refractivity contribution in [1.29, 1.82) is 0 Å². The van der Waals surface area contributed by atoms with Gasteiger partial charge in [-0.15, -0.1) is 0 Å². The van der Waals surface area contributed by atoms with E-state index < -0.39 is 5.56 Å². The molecule has 0 saturated carbocycles. The predicted molar refractivity (Wildman–Crippen MR) is 55.2 cm³/mol. The molecule has 0 amide bonds. The van der Waals surface area contributed by atoms with E-state index in [1.165, 1.54) is 6.33 Å². The molecule has 2 aromatic rings. The standard InChI is InChI=1S/C7H2Cl3N3O/c8-3-4-2(5(9)13-6(3)10)7(14)12-1-11-4/h1H,(H,11,12,14). The van der Waals surface area contributed by atoms with Crippen molar-refractivity contribution in [2.75, 3.05) is 0 Å². The van der Waals surface area contributed by atoms with E-state index in [1.54, 1.807) is 0 Å². The average Bonchev–Trinajstić information content (AvgIpc) is 2.14. The molecular weight excluding hydrogens is 248 g/mol. The molecule has 1 N–H and O–H groups in total. The number of hydrogen-bond acceptors (Lipinski definition) is 3. The van der Waals surface area contributed by atoms with Crippen molar-refractivity contribution in [2.24, 2.45) is 0 Å². The lowest BCUT2D eigenvalue weighted by Crippen LogP contribution is -2.08. The number of aromatic nitrogens is 3. The Bertz CT molecular complexity index is 566. The number of nitrogens with zero attached hydrogens (tertiary/aromatic N) is 2. The minimum absolute atomic E-state index is 0.0104. The monoisotopic (exact) mass is 249 g/mol. The Morgan fingerprint density at radius 2 is 1.93 bits per heavy atom. The summed E-state index contributed by atoms with van der Waals surface area (Å²) in [6.07, 6.45) is 1.23. The van der Waals surface area contributed by atoms with Gasteiger partial charge in [-0.3, -0.25) is 4.79 Å². The van der Waals surface area contributed by atoms with Crippen LogP contribution >= 0.6 is 34.8 Å². The van der Waals surface area contributed by atoms with Crippen LogP contribution in [0.5, 0.6) is 0 Å². The second-order valence-corrected chi connectivity index (χ2v) is 3.56. The maximum absolute atomic E-state index is 11.3. The fourth-order valence-electron chi connectivity index (χ4n) is 1.05. The summed E-state index contributed by atoms with van der Waals surface area (Å²) in [6, 6.07) is 0. The van der Waals surface area contributed by atoms with E-state index in [0.717, 1.165) is 0 Å². The third kappa shape index (κ3) is 1.35. The number of nitrogens with one attached hydrogen (secondary N) is 1. The Labute approximate surface area is 92.8 Å². The maximum Gasteiger partial charge on any atom is 0.261 e. The fourth-order valence-corrected chi connectivity index (χ4v) is 1.71. The van der Waals surface area contributed by atoms with Crippen LogP contribution in [-0.2, 0) is 0 Å². The van der Waals surface area contributed by atoms with Gasteiger partial charge in [0.25, 0.3) is 5.56 Å². The first-order valence-corrected chi connectivity index (χ1v) is 4.62. The van der Waals surface area contributed by atoms with Crippen LogP contribution in [0.15, 0.2) is 11.1 Å². The number of H-pyrrole nitrogens is 1. The lowest BCUT2D eigenvalue weighted by molar-refractivity contribution is 1.16. The highest BCUT2D eigenvalue weighted by Gasteiger charge is 2.13. The third-order valence-electron chi connectivity index (χ3n) is 1.64. The van der Waals surface area contributed by atoms with Gasteiger partial charge in [-0.1, -0.05) is 34.8 Å². The largest absolute Gasteiger partial charge is 0.313 e. The zero-order valence-corrected chi connectivity index (χ0v) is 8.78. The van der Waals surface area contributed by atoms with Gasteiger partial charge in [0.05, 0.1) is 6.33 Å². The van der Waals surface area contributed by atoms with Crippen molar-refractivity contribution >= 4 is 45.7 Å². The van der Waals surface area contributed by atoms with Crippen LogP contribution in [0.2, 0.25) is 15.3 Å². The van der Waals surface area contributed by atoms with E-state index in [-0.39, 0.29) is 26.2 Å². The molecule has 0 aliphatic rings. The second kappa shape index (κ2) is 3.38. The normalized spacial score (nSPS) is 10.8. The van der Waals surface area contributed by atoms with Crippen molar-refractivity contribution in [3.8, 4) is 0 Å². The SMILES string of the molecule is O=c1[nH]cnc2c(Cl)c(Cl)nc(Cl)c12. The van der Waals surface area contributed by atoms with Crippen molar-refractivity contribution in [1.82, 2.24) is 15.0 Å². The molecule has 4 nitrogen and oxygen atoms in total. The van der Waals surface area contributed by atoms with E-state index in [0.29, 0.717) is 0 Å². The van der Waals surface area contributed by atoms with Crippen LogP contribution in [0.25, 0.3) is 10.9 Å². The average molecular weight is 250 g/mol. The zero-order chi connectivity index (χ0) is 10.3. The Morgan fingerprint density at radius 1 is 1.21 bits per heavy atom. The lowest BCUT2D eigenvalue weighted by atomic mass is 10.3. The van der Waals surface area contributed by atoms with E-state index >= 15 is 0 Å². The van der Waals surface area contributed by atoms with Crippen LogP contribution in [0, 0.1) is 0 Å². The molecule has 2 heterocycles. The first-order chi connectivity index (χ1) is 6.61. The predicted octanol–water partition coefficient (Wildman–Crippen LogP) is 2.28. The number of halogens is 3.